The molecular weight excluding hydrogens is 426 g/mol. The Labute approximate surface area is 200 Å². The molecule has 2 aliphatic heterocycles. The summed E-state index contributed by atoms with van der Waals surface area (Å²) in [5, 5.41) is 9.54. The van der Waals surface area contributed by atoms with Crippen LogP contribution in [-0.2, 0) is 6.54 Å². The van der Waals surface area contributed by atoms with Crippen molar-refractivity contribution in [3.05, 3.63) is 40.3 Å². The van der Waals surface area contributed by atoms with Crippen LogP contribution in [-0.4, -0.2) is 77.2 Å². The summed E-state index contributed by atoms with van der Waals surface area (Å²) in [5.74, 6) is 1.37. The minimum Gasteiger partial charge on any atom is -0.354 e. The van der Waals surface area contributed by atoms with Crippen molar-refractivity contribution < 1.29 is 0 Å². The van der Waals surface area contributed by atoms with Gasteiger partial charge in [-0.3, -0.25) is 14.3 Å². The lowest BCUT2D eigenvalue weighted by atomic mass is 10.0. The molecule has 3 aliphatic rings. The van der Waals surface area contributed by atoms with E-state index in [9.17, 15) is 4.79 Å². The number of rotatable bonds is 6. The third-order valence-electron chi connectivity index (χ3n) is 7.74. The van der Waals surface area contributed by atoms with Gasteiger partial charge in [-0.2, -0.15) is 4.98 Å². The van der Waals surface area contributed by atoms with E-state index >= 15 is 0 Å². The lowest BCUT2D eigenvalue weighted by Crippen LogP contribution is -2.43. The van der Waals surface area contributed by atoms with Crippen LogP contribution in [0.5, 0.6) is 0 Å². The van der Waals surface area contributed by atoms with E-state index < -0.39 is 0 Å². The van der Waals surface area contributed by atoms with Gasteiger partial charge < -0.3 is 15.5 Å². The SMILES string of the molecule is CN1CCN(Cc2ccc3c(c2)c(=O)n(C2CCNCC2)c2nc(NCC4CC4)ncc32)CC1. The Kier molecular flexibility index (Phi) is 5.97. The zero-order valence-electron chi connectivity index (χ0n) is 20.1. The highest BCUT2D eigenvalue weighted by Gasteiger charge is 2.24. The molecule has 8 heteroatoms. The normalized spacial score (nSPS) is 20.9. The molecule has 3 aromatic rings. The predicted molar refractivity (Wildman–Crippen MR) is 136 cm³/mol. The van der Waals surface area contributed by atoms with Gasteiger partial charge >= 0.3 is 0 Å². The fraction of sp³-hybridized carbons (Fsp3) is 0.577. The Hall–Kier alpha value is -2.55. The first-order chi connectivity index (χ1) is 16.7. The fourth-order valence-electron chi connectivity index (χ4n) is 5.38. The first-order valence-electron chi connectivity index (χ1n) is 12.8. The Bertz CT molecular complexity index is 1240. The topological polar surface area (TPSA) is 78.3 Å². The van der Waals surface area contributed by atoms with Gasteiger partial charge in [-0.15, -0.1) is 0 Å². The second-order valence-corrected chi connectivity index (χ2v) is 10.4. The lowest BCUT2D eigenvalue weighted by Gasteiger charge is -2.32. The number of pyridine rings is 1. The summed E-state index contributed by atoms with van der Waals surface area (Å²) in [6, 6.07) is 6.56. The van der Waals surface area contributed by atoms with Crippen LogP contribution in [0.3, 0.4) is 0 Å². The van der Waals surface area contributed by atoms with Gasteiger partial charge in [0.2, 0.25) is 5.95 Å². The van der Waals surface area contributed by atoms with Crippen LogP contribution in [0.4, 0.5) is 5.95 Å². The molecular formula is C26H35N7O. The van der Waals surface area contributed by atoms with Crippen LogP contribution < -0.4 is 16.2 Å². The van der Waals surface area contributed by atoms with E-state index in [1.807, 2.05) is 10.8 Å². The van der Waals surface area contributed by atoms with Crippen molar-refractivity contribution in [3.8, 4) is 0 Å². The van der Waals surface area contributed by atoms with Crippen molar-refractivity contribution in [2.45, 2.75) is 38.3 Å². The van der Waals surface area contributed by atoms with Crippen LogP contribution in [0.15, 0.2) is 29.2 Å². The molecule has 1 aromatic carbocycles. The molecule has 34 heavy (non-hydrogen) atoms. The van der Waals surface area contributed by atoms with Gasteiger partial charge in [0.15, 0.2) is 0 Å². The number of nitrogens with one attached hydrogen (secondary N) is 2. The fourth-order valence-corrected chi connectivity index (χ4v) is 5.38. The van der Waals surface area contributed by atoms with E-state index in [4.69, 9.17) is 4.98 Å². The number of piperazine rings is 1. The monoisotopic (exact) mass is 461 g/mol. The summed E-state index contributed by atoms with van der Waals surface area (Å²) < 4.78 is 1.97. The molecule has 2 N–H and O–H groups in total. The van der Waals surface area contributed by atoms with Crippen LogP contribution in [0.2, 0.25) is 0 Å². The van der Waals surface area contributed by atoms with Gasteiger partial charge in [-0.25, -0.2) is 4.98 Å². The van der Waals surface area contributed by atoms with E-state index in [-0.39, 0.29) is 11.6 Å². The molecule has 2 aromatic heterocycles. The molecule has 8 nitrogen and oxygen atoms in total. The standard InChI is InChI=1S/C26H35N7O/c1-31-10-12-32(13-11-31)17-19-4-5-21-22(14-19)25(34)33(20-6-8-27-9-7-20)24-23(21)16-29-26(30-24)28-15-18-2-3-18/h4-5,14,16,18,20,27H,2-3,6-13,15,17H2,1H3,(H,28,29,30). The third kappa shape index (κ3) is 4.42. The number of fused-ring (bicyclic) bond motifs is 3. The number of hydrogen-bond donors (Lipinski definition) is 2. The number of hydrogen-bond acceptors (Lipinski definition) is 7. The highest BCUT2D eigenvalue weighted by atomic mass is 16.1. The number of nitrogens with zero attached hydrogens (tertiary/aromatic N) is 5. The van der Waals surface area contributed by atoms with Gasteiger partial charge in [0, 0.05) is 62.3 Å². The summed E-state index contributed by atoms with van der Waals surface area (Å²) in [7, 11) is 2.18. The molecule has 3 fully saturated rings. The number of benzene rings is 1. The first kappa shape index (κ1) is 21.9. The van der Waals surface area contributed by atoms with Crippen molar-refractivity contribution >= 4 is 27.8 Å². The molecule has 0 unspecified atom stereocenters. The number of anilines is 1. The van der Waals surface area contributed by atoms with Gasteiger partial charge in [0.05, 0.1) is 0 Å². The maximum Gasteiger partial charge on any atom is 0.260 e. The van der Waals surface area contributed by atoms with Crippen molar-refractivity contribution in [3.63, 3.8) is 0 Å². The summed E-state index contributed by atoms with van der Waals surface area (Å²) in [6.45, 7) is 7.97. The average Bonchev–Trinajstić information content (AvgIpc) is 3.70. The van der Waals surface area contributed by atoms with Crippen molar-refractivity contribution in [2.75, 3.05) is 58.2 Å². The van der Waals surface area contributed by atoms with E-state index in [1.54, 1.807) is 0 Å². The van der Waals surface area contributed by atoms with Gasteiger partial charge in [0.25, 0.3) is 5.56 Å². The number of likely N-dealkylation sites (N-methyl/N-ethyl adjacent to an activating group) is 1. The minimum atomic E-state index is 0.0847. The Balaban J connectivity index is 1.42. The maximum atomic E-state index is 14.0. The van der Waals surface area contributed by atoms with E-state index in [1.165, 1.54) is 18.4 Å². The first-order valence-corrected chi connectivity index (χ1v) is 12.8. The quantitative estimate of drug-likeness (QED) is 0.546. The molecule has 0 bridgehead atoms. The van der Waals surface area contributed by atoms with Crippen molar-refractivity contribution in [1.82, 2.24) is 29.7 Å². The summed E-state index contributed by atoms with van der Waals surface area (Å²) in [5.41, 5.74) is 2.06. The van der Waals surface area contributed by atoms with Crippen molar-refractivity contribution in [1.29, 1.82) is 0 Å². The molecule has 0 radical (unpaired) electrons. The minimum absolute atomic E-state index is 0.0847. The number of aromatic nitrogens is 3. The Morgan fingerprint density at radius 2 is 1.82 bits per heavy atom. The van der Waals surface area contributed by atoms with Gasteiger partial charge in [-0.05, 0) is 68.8 Å². The highest BCUT2D eigenvalue weighted by Crippen LogP contribution is 2.30. The van der Waals surface area contributed by atoms with Crippen molar-refractivity contribution in [2.24, 2.45) is 5.92 Å². The lowest BCUT2D eigenvalue weighted by molar-refractivity contribution is 0.148. The molecule has 1 aliphatic carbocycles. The van der Waals surface area contributed by atoms with Crippen LogP contribution in [0, 0.1) is 5.92 Å². The van der Waals surface area contributed by atoms with Crippen LogP contribution in [0.25, 0.3) is 21.8 Å². The molecule has 6 rings (SSSR count). The summed E-state index contributed by atoms with van der Waals surface area (Å²) in [6.07, 6.45) is 6.35. The molecule has 4 heterocycles. The molecule has 0 spiro atoms. The zero-order valence-corrected chi connectivity index (χ0v) is 20.1. The van der Waals surface area contributed by atoms with E-state index in [0.29, 0.717) is 5.95 Å². The van der Waals surface area contributed by atoms with Gasteiger partial charge in [0.1, 0.15) is 5.65 Å². The predicted octanol–water partition coefficient (Wildman–Crippen LogP) is 2.44. The largest absolute Gasteiger partial charge is 0.354 e. The second kappa shape index (κ2) is 9.24. The smallest absolute Gasteiger partial charge is 0.260 e. The van der Waals surface area contributed by atoms with E-state index in [2.05, 4.69) is 50.7 Å². The van der Waals surface area contributed by atoms with Crippen LogP contribution in [0.1, 0.15) is 37.3 Å². The van der Waals surface area contributed by atoms with E-state index in [0.717, 1.165) is 92.9 Å². The third-order valence-corrected chi connectivity index (χ3v) is 7.74. The molecule has 2 saturated heterocycles. The molecule has 0 amide bonds. The zero-order chi connectivity index (χ0) is 23.1. The molecule has 1 saturated carbocycles. The average molecular weight is 462 g/mol. The van der Waals surface area contributed by atoms with Gasteiger partial charge in [-0.1, -0.05) is 12.1 Å². The summed E-state index contributed by atoms with van der Waals surface area (Å²) in [4.78, 5) is 28.3. The Morgan fingerprint density at radius 3 is 2.59 bits per heavy atom. The summed E-state index contributed by atoms with van der Waals surface area (Å²) >= 11 is 0. The molecule has 180 valence electrons. The maximum absolute atomic E-state index is 14.0. The number of piperidine rings is 1. The second-order valence-electron chi connectivity index (χ2n) is 10.4. The molecule has 0 atom stereocenters. The Morgan fingerprint density at radius 1 is 1.03 bits per heavy atom. The highest BCUT2D eigenvalue weighted by molar-refractivity contribution is 6.04. The van der Waals surface area contributed by atoms with Crippen LogP contribution >= 0.6 is 0 Å².